The maximum absolute atomic E-state index is 12.6. The maximum Gasteiger partial charge on any atom is 0.311 e. The number of hydrogen-bond acceptors (Lipinski definition) is 4. The molecule has 1 heterocycles. The summed E-state index contributed by atoms with van der Waals surface area (Å²) in [6.07, 6.45) is 4.12. The van der Waals surface area contributed by atoms with E-state index in [2.05, 4.69) is 10.3 Å². The van der Waals surface area contributed by atoms with E-state index in [0.717, 1.165) is 22.4 Å². The number of benzene rings is 1. The average Bonchev–Trinajstić information content (AvgIpc) is 2.70. The Balaban J connectivity index is 2.02. The summed E-state index contributed by atoms with van der Waals surface area (Å²) in [5.74, 6) is -0.402. The van der Waals surface area contributed by atoms with E-state index >= 15 is 0 Å². The van der Waals surface area contributed by atoms with Crippen LogP contribution in [-0.2, 0) is 16.0 Å². The van der Waals surface area contributed by atoms with Crippen LogP contribution in [0.1, 0.15) is 43.5 Å². The van der Waals surface area contributed by atoms with Gasteiger partial charge in [-0.2, -0.15) is 0 Å². The van der Waals surface area contributed by atoms with E-state index in [1.54, 1.807) is 17.3 Å². The van der Waals surface area contributed by atoms with Crippen molar-refractivity contribution in [3.8, 4) is 5.75 Å². The third kappa shape index (κ3) is 5.81. The molecule has 2 aromatic rings. The summed E-state index contributed by atoms with van der Waals surface area (Å²) in [5, 5.41) is 2.81. The van der Waals surface area contributed by atoms with Gasteiger partial charge >= 0.3 is 11.8 Å². The van der Waals surface area contributed by atoms with E-state index in [0.29, 0.717) is 26.1 Å². The molecule has 1 N–H and O–H groups in total. The molecule has 6 nitrogen and oxygen atoms in total. The summed E-state index contributed by atoms with van der Waals surface area (Å²) in [4.78, 5) is 30.7. The quantitative estimate of drug-likeness (QED) is 0.711. The van der Waals surface area contributed by atoms with Crippen molar-refractivity contribution in [1.82, 2.24) is 15.2 Å². The molecule has 28 heavy (non-hydrogen) atoms. The first-order valence-corrected chi connectivity index (χ1v) is 9.68. The predicted octanol–water partition coefficient (Wildman–Crippen LogP) is 3.06. The number of carbonyl (C=O) groups excluding carboxylic acids is 2. The minimum Gasteiger partial charge on any atom is -0.494 e. The van der Waals surface area contributed by atoms with Gasteiger partial charge in [-0.15, -0.1) is 0 Å². The van der Waals surface area contributed by atoms with Crippen molar-refractivity contribution in [2.24, 2.45) is 0 Å². The number of nitrogens with one attached hydrogen (secondary N) is 1. The fourth-order valence-electron chi connectivity index (χ4n) is 2.99. The van der Waals surface area contributed by atoms with Crippen LogP contribution in [0.2, 0.25) is 0 Å². The van der Waals surface area contributed by atoms with Crippen LogP contribution in [0, 0.1) is 6.92 Å². The van der Waals surface area contributed by atoms with Crippen molar-refractivity contribution in [2.45, 2.75) is 40.2 Å². The smallest absolute Gasteiger partial charge is 0.311 e. The number of aryl methyl sites for hydroxylation is 1. The van der Waals surface area contributed by atoms with Gasteiger partial charge in [-0.25, -0.2) is 0 Å². The van der Waals surface area contributed by atoms with Crippen LogP contribution < -0.4 is 10.1 Å². The van der Waals surface area contributed by atoms with Gasteiger partial charge in [0.15, 0.2) is 0 Å². The van der Waals surface area contributed by atoms with E-state index in [1.807, 2.05) is 58.0 Å². The van der Waals surface area contributed by atoms with Crippen LogP contribution >= 0.6 is 0 Å². The summed E-state index contributed by atoms with van der Waals surface area (Å²) < 4.78 is 5.66. The Morgan fingerprint density at radius 3 is 2.54 bits per heavy atom. The fourth-order valence-corrected chi connectivity index (χ4v) is 2.99. The highest BCUT2D eigenvalue weighted by molar-refractivity contribution is 6.35. The Morgan fingerprint density at radius 2 is 1.89 bits per heavy atom. The van der Waals surface area contributed by atoms with Crippen molar-refractivity contribution in [1.29, 1.82) is 0 Å². The number of pyridine rings is 1. The molecular formula is C22H29N3O3. The first-order chi connectivity index (χ1) is 13.5. The van der Waals surface area contributed by atoms with Crippen LogP contribution in [0.5, 0.6) is 5.75 Å². The minimum atomic E-state index is -0.604. The van der Waals surface area contributed by atoms with E-state index in [9.17, 15) is 9.59 Å². The molecule has 0 spiro atoms. The Morgan fingerprint density at radius 1 is 1.18 bits per heavy atom. The third-order valence-electron chi connectivity index (χ3n) is 4.56. The van der Waals surface area contributed by atoms with Crippen molar-refractivity contribution in [2.75, 3.05) is 19.7 Å². The van der Waals surface area contributed by atoms with E-state index in [4.69, 9.17) is 4.74 Å². The number of carbonyl (C=O) groups is 2. The van der Waals surface area contributed by atoms with Gasteiger partial charge in [0.2, 0.25) is 0 Å². The number of amides is 2. The number of ether oxygens (including phenoxy) is 1. The van der Waals surface area contributed by atoms with Gasteiger partial charge in [0.1, 0.15) is 5.75 Å². The van der Waals surface area contributed by atoms with Crippen molar-refractivity contribution in [3.05, 3.63) is 59.4 Å². The molecule has 150 valence electrons. The molecule has 2 rings (SSSR count). The lowest BCUT2D eigenvalue weighted by atomic mass is 10.0. The second-order valence-corrected chi connectivity index (χ2v) is 6.66. The largest absolute Gasteiger partial charge is 0.494 e. The number of nitrogens with zero attached hydrogens (tertiary/aromatic N) is 2. The standard InChI is InChI=1S/C22H29N3O3/c1-5-25(14-11-18-9-12-23-13-10-18)22(27)21(26)24-17(4)19-15-16(3)7-8-20(19)28-6-2/h7-10,12-13,15,17H,5-6,11,14H2,1-4H3,(H,24,26). The van der Waals surface area contributed by atoms with Crippen LogP contribution in [-0.4, -0.2) is 41.4 Å². The summed E-state index contributed by atoms with van der Waals surface area (Å²) in [6, 6.07) is 9.32. The number of aromatic nitrogens is 1. The minimum absolute atomic E-state index is 0.336. The molecule has 0 aliphatic heterocycles. The monoisotopic (exact) mass is 383 g/mol. The van der Waals surface area contributed by atoms with Gasteiger partial charge in [0.25, 0.3) is 0 Å². The van der Waals surface area contributed by atoms with Crippen molar-refractivity contribution < 1.29 is 14.3 Å². The molecule has 1 atom stereocenters. The zero-order chi connectivity index (χ0) is 20.5. The van der Waals surface area contributed by atoms with Crippen LogP contribution in [0.3, 0.4) is 0 Å². The Hall–Kier alpha value is -2.89. The summed E-state index contributed by atoms with van der Waals surface area (Å²) in [6.45, 7) is 9.12. The molecular weight excluding hydrogens is 354 g/mol. The number of rotatable bonds is 8. The lowest BCUT2D eigenvalue weighted by Gasteiger charge is -2.23. The average molecular weight is 383 g/mol. The SMILES string of the molecule is CCOc1ccc(C)cc1C(C)NC(=O)C(=O)N(CC)CCc1ccncc1. The molecule has 1 unspecified atom stereocenters. The molecule has 0 aliphatic carbocycles. The lowest BCUT2D eigenvalue weighted by molar-refractivity contribution is -0.146. The maximum atomic E-state index is 12.6. The van der Waals surface area contributed by atoms with E-state index in [1.165, 1.54) is 0 Å². The Kier molecular flexibility index (Phi) is 7.99. The van der Waals surface area contributed by atoms with Gasteiger partial charge in [-0.05, 0) is 57.9 Å². The van der Waals surface area contributed by atoms with Crippen molar-refractivity contribution >= 4 is 11.8 Å². The normalized spacial score (nSPS) is 11.6. The van der Waals surface area contributed by atoms with Gasteiger partial charge in [-0.3, -0.25) is 14.6 Å². The number of hydrogen-bond donors (Lipinski definition) is 1. The predicted molar refractivity (Wildman–Crippen MR) is 109 cm³/mol. The molecule has 0 radical (unpaired) electrons. The first kappa shape index (κ1) is 21.4. The van der Waals surface area contributed by atoms with Gasteiger partial charge < -0.3 is 15.0 Å². The molecule has 0 bridgehead atoms. The van der Waals surface area contributed by atoms with Crippen LogP contribution in [0.4, 0.5) is 0 Å². The Labute approximate surface area is 166 Å². The molecule has 1 aromatic carbocycles. The molecule has 0 saturated heterocycles. The van der Waals surface area contributed by atoms with Gasteiger partial charge in [-0.1, -0.05) is 17.7 Å². The second-order valence-electron chi connectivity index (χ2n) is 6.66. The summed E-state index contributed by atoms with van der Waals surface area (Å²) in [5.41, 5.74) is 3.01. The molecule has 0 saturated carbocycles. The zero-order valence-electron chi connectivity index (χ0n) is 17.1. The summed E-state index contributed by atoms with van der Waals surface area (Å²) in [7, 11) is 0. The highest BCUT2D eigenvalue weighted by Gasteiger charge is 2.23. The van der Waals surface area contributed by atoms with Crippen LogP contribution in [0.25, 0.3) is 0 Å². The topological polar surface area (TPSA) is 71.5 Å². The number of likely N-dealkylation sites (N-methyl/N-ethyl adjacent to an activating group) is 1. The van der Waals surface area contributed by atoms with E-state index in [-0.39, 0.29) is 6.04 Å². The van der Waals surface area contributed by atoms with E-state index < -0.39 is 11.8 Å². The fraction of sp³-hybridized carbons (Fsp3) is 0.409. The second kappa shape index (κ2) is 10.4. The lowest BCUT2D eigenvalue weighted by Crippen LogP contribution is -2.44. The van der Waals surface area contributed by atoms with Gasteiger partial charge in [0, 0.05) is 31.0 Å². The third-order valence-corrected chi connectivity index (χ3v) is 4.56. The zero-order valence-corrected chi connectivity index (χ0v) is 17.1. The van der Waals surface area contributed by atoms with Crippen molar-refractivity contribution in [3.63, 3.8) is 0 Å². The molecule has 0 aliphatic rings. The molecule has 1 aromatic heterocycles. The molecule has 6 heteroatoms. The first-order valence-electron chi connectivity index (χ1n) is 9.68. The highest BCUT2D eigenvalue weighted by Crippen LogP contribution is 2.26. The van der Waals surface area contributed by atoms with Gasteiger partial charge in [0.05, 0.1) is 12.6 Å². The molecule has 0 fully saturated rings. The van der Waals surface area contributed by atoms with Crippen LogP contribution in [0.15, 0.2) is 42.7 Å². The highest BCUT2D eigenvalue weighted by atomic mass is 16.5. The molecule has 2 amide bonds. The Bertz CT molecular complexity index is 793. The summed E-state index contributed by atoms with van der Waals surface area (Å²) >= 11 is 0.